The highest BCUT2D eigenvalue weighted by atomic mass is 16.5. The molecule has 3 aliphatic rings. The minimum atomic E-state index is -0.00309. The van der Waals surface area contributed by atoms with E-state index in [1.165, 1.54) is 34.1 Å². The zero-order valence-corrected chi connectivity index (χ0v) is 24.9. The number of methoxy groups -OCH3 is 1. The first-order chi connectivity index (χ1) is 21.1. The normalized spacial score (nSPS) is 18.5. The summed E-state index contributed by atoms with van der Waals surface area (Å²) in [5.74, 6) is 2.57. The topological polar surface area (TPSA) is 108 Å². The lowest BCUT2D eigenvalue weighted by Crippen LogP contribution is -2.37. The van der Waals surface area contributed by atoms with E-state index in [1.54, 1.807) is 13.3 Å². The fourth-order valence-corrected chi connectivity index (χ4v) is 5.92. The number of allylic oxidation sites excluding steroid dienone is 1. The minimum Gasteiger partial charge on any atom is -0.489 e. The van der Waals surface area contributed by atoms with Crippen LogP contribution < -0.4 is 14.4 Å². The molecule has 1 atom stereocenters. The van der Waals surface area contributed by atoms with Crippen LogP contribution in [0.2, 0.25) is 0 Å². The Hall–Kier alpha value is -4.02. The van der Waals surface area contributed by atoms with E-state index in [9.17, 15) is 0 Å². The molecule has 7 rings (SSSR count). The molecule has 5 heterocycles. The maximum absolute atomic E-state index is 8.72. The molecule has 0 spiro atoms. The van der Waals surface area contributed by atoms with Crippen LogP contribution in [0.1, 0.15) is 54.8 Å². The van der Waals surface area contributed by atoms with Crippen LogP contribution in [0.3, 0.4) is 0 Å². The van der Waals surface area contributed by atoms with Gasteiger partial charge in [0.1, 0.15) is 18.5 Å². The molecule has 43 heavy (non-hydrogen) atoms. The second kappa shape index (κ2) is 13.5. The van der Waals surface area contributed by atoms with E-state index < -0.39 is 0 Å². The summed E-state index contributed by atoms with van der Waals surface area (Å²) < 4.78 is 18.8. The Morgan fingerprint density at radius 3 is 2.60 bits per heavy atom. The van der Waals surface area contributed by atoms with E-state index in [0.29, 0.717) is 23.9 Å². The first-order valence-electron chi connectivity index (χ1n) is 15.2. The first kappa shape index (κ1) is 29.1. The fourth-order valence-electron chi connectivity index (χ4n) is 5.92. The largest absolute Gasteiger partial charge is 0.489 e. The number of pyridine rings is 2. The lowest BCUT2D eigenvalue weighted by atomic mass is 9.89. The number of fused-ring (bicyclic) bond motifs is 3. The smallest absolute Gasteiger partial charge is 0.213 e. The number of piperidine rings is 1. The highest BCUT2D eigenvalue weighted by Crippen LogP contribution is 2.35. The zero-order chi connectivity index (χ0) is 29.6. The Morgan fingerprint density at radius 2 is 1.88 bits per heavy atom. The van der Waals surface area contributed by atoms with E-state index in [1.807, 2.05) is 30.7 Å². The molecule has 4 aromatic heterocycles. The molecule has 1 N–H and O–H groups in total. The average Bonchev–Trinajstić information content (AvgIpc) is 3.33. The van der Waals surface area contributed by atoms with Crippen molar-refractivity contribution in [2.24, 2.45) is 7.05 Å². The van der Waals surface area contributed by atoms with Gasteiger partial charge in [0, 0.05) is 80.5 Å². The van der Waals surface area contributed by atoms with E-state index in [0.717, 1.165) is 56.9 Å². The molecule has 4 aromatic rings. The van der Waals surface area contributed by atoms with Gasteiger partial charge >= 0.3 is 0 Å². The molecule has 10 nitrogen and oxygen atoms in total. The molecule has 1 aliphatic heterocycles. The minimum absolute atomic E-state index is 0.00309. The quantitative estimate of drug-likeness (QED) is 0.315. The Balaban J connectivity index is 0.000000163. The number of aliphatic hydroxyl groups is 1. The standard InChI is InChI=1S/C21H21N3O.C12H19N3O3/c1-24-19-9-10-22-13-18(19)17-7-5-14(11-20(17)24)15-6-8-21(23-12-15)25-16-3-2-4-16;1-17-10-2-4-15(5-3-10)12-8-11(9-13-14-12)18-7-6-16/h5-10,12-14,16H,2-4,11H2,1H3;8-10,16H,2-7H2,1H3. The monoisotopic (exact) mass is 584 g/mol. The lowest BCUT2D eigenvalue weighted by molar-refractivity contribution is 0.0817. The van der Waals surface area contributed by atoms with Crippen molar-refractivity contribution >= 4 is 22.8 Å². The first-order valence-corrected chi connectivity index (χ1v) is 15.2. The van der Waals surface area contributed by atoms with Gasteiger partial charge in [0.2, 0.25) is 5.88 Å². The van der Waals surface area contributed by atoms with Crippen molar-refractivity contribution in [2.75, 3.05) is 38.3 Å². The van der Waals surface area contributed by atoms with E-state index in [2.05, 4.69) is 61.0 Å². The zero-order valence-electron chi connectivity index (χ0n) is 24.9. The molecule has 2 aliphatic carbocycles. The van der Waals surface area contributed by atoms with Gasteiger partial charge in [-0.15, -0.1) is 5.10 Å². The van der Waals surface area contributed by atoms with Crippen LogP contribution in [0.4, 0.5) is 5.82 Å². The van der Waals surface area contributed by atoms with Crippen molar-refractivity contribution in [3.05, 3.63) is 71.9 Å². The van der Waals surface area contributed by atoms with E-state index in [-0.39, 0.29) is 13.2 Å². The summed E-state index contributed by atoms with van der Waals surface area (Å²) in [7, 11) is 3.90. The summed E-state index contributed by atoms with van der Waals surface area (Å²) in [6.07, 6.45) is 19.2. The molecule has 1 saturated heterocycles. The molecule has 0 amide bonds. The van der Waals surface area contributed by atoms with Crippen molar-refractivity contribution in [1.29, 1.82) is 0 Å². The number of hydrogen-bond acceptors (Lipinski definition) is 9. The molecular formula is C33H40N6O4. The number of hydrogen-bond donors (Lipinski definition) is 1. The van der Waals surface area contributed by atoms with Gasteiger partial charge in [0.05, 0.1) is 24.4 Å². The third-order valence-corrected chi connectivity index (χ3v) is 8.68. The van der Waals surface area contributed by atoms with Crippen molar-refractivity contribution in [2.45, 2.75) is 56.7 Å². The van der Waals surface area contributed by atoms with Gasteiger partial charge < -0.3 is 28.8 Å². The van der Waals surface area contributed by atoms with Gasteiger partial charge in [-0.3, -0.25) is 4.98 Å². The van der Waals surface area contributed by atoms with Crippen LogP contribution in [-0.4, -0.2) is 75.5 Å². The summed E-state index contributed by atoms with van der Waals surface area (Å²) in [4.78, 5) is 11.0. The second-order valence-electron chi connectivity index (χ2n) is 11.3. The predicted molar refractivity (Wildman–Crippen MR) is 166 cm³/mol. The third kappa shape index (κ3) is 6.65. The van der Waals surface area contributed by atoms with Crippen LogP contribution in [0.15, 0.2) is 55.1 Å². The third-order valence-electron chi connectivity index (χ3n) is 8.68. The predicted octanol–water partition coefficient (Wildman–Crippen LogP) is 4.72. The van der Waals surface area contributed by atoms with Gasteiger partial charge in [-0.05, 0) is 50.2 Å². The van der Waals surface area contributed by atoms with Crippen LogP contribution in [-0.2, 0) is 18.2 Å². The number of aryl methyl sites for hydroxylation is 1. The molecule has 2 fully saturated rings. The number of aromatic nitrogens is 5. The van der Waals surface area contributed by atoms with Gasteiger partial charge in [0.15, 0.2) is 5.82 Å². The van der Waals surface area contributed by atoms with Crippen molar-refractivity contribution in [3.8, 4) is 11.6 Å². The number of rotatable bonds is 8. The number of nitrogens with zero attached hydrogens (tertiary/aromatic N) is 6. The summed E-state index contributed by atoms with van der Waals surface area (Å²) in [6, 6.07) is 8.12. The summed E-state index contributed by atoms with van der Waals surface area (Å²) in [5, 5.41) is 18.0. The van der Waals surface area contributed by atoms with Gasteiger partial charge in [-0.25, -0.2) is 4.98 Å². The average molecular weight is 585 g/mol. The lowest BCUT2D eigenvalue weighted by Gasteiger charge is -2.31. The highest BCUT2D eigenvalue weighted by molar-refractivity contribution is 5.91. The molecule has 10 heteroatoms. The van der Waals surface area contributed by atoms with Gasteiger partial charge in [0.25, 0.3) is 0 Å². The SMILES string of the molecule is COC1CCN(c2cc(OCCO)cnn2)CC1.Cn1c2c(c3cnccc31)C=CC(c1ccc(OC3CCC3)nc1)C2. The molecule has 0 radical (unpaired) electrons. The Kier molecular flexibility index (Phi) is 9.14. The summed E-state index contributed by atoms with van der Waals surface area (Å²) in [6.45, 7) is 2.10. The van der Waals surface area contributed by atoms with Crippen molar-refractivity contribution in [1.82, 2.24) is 24.7 Å². The maximum Gasteiger partial charge on any atom is 0.213 e. The van der Waals surface area contributed by atoms with E-state index in [4.69, 9.17) is 19.3 Å². The second-order valence-corrected chi connectivity index (χ2v) is 11.3. The van der Waals surface area contributed by atoms with Crippen LogP contribution >= 0.6 is 0 Å². The molecule has 0 aromatic carbocycles. The van der Waals surface area contributed by atoms with Crippen LogP contribution in [0, 0.1) is 0 Å². The van der Waals surface area contributed by atoms with Crippen molar-refractivity contribution in [3.63, 3.8) is 0 Å². The Labute approximate surface area is 252 Å². The van der Waals surface area contributed by atoms with E-state index >= 15 is 0 Å². The Bertz CT molecular complexity index is 1530. The van der Waals surface area contributed by atoms with Crippen molar-refractivity contribution < 1.29 is 19.3 Å². The molecular weight excluding hydrogens is 544 g/mol. The molecule has 1 unspecified atom stereocenters. The highest BCUT2D eigenvalue weighted by Gasteiger charge is 2.23. The fraction of sp³-hybridized carbons (Fsp3) is 0.455. The van der Waals surface area contributed by atoms with Gasteiger partial charge in [-0.1, -0.05) is 18.2 Å². The Morgan fingerprint density at radius 1 is 1.02 bits per heavy atom. The summed E-state index contributed by atoms with van der Waals surface area (Å²) >= 11 is 0. The van der Waals surface area contributed by atoms with Crippen LogP contribution in [0.5, 0.6) is 11.6 Å². The number of aliphatic hydroxyl groups excluding tert-OH is 1. The molecule has 1 saturated carbocycles. The molecule has 0 bridgehead atoms. The number of ether oxygens (including phenoxy) is 3. The summed E-state index contributed by atoms with van der Waals surface area (Å²) in [5.41, 5.74) is 5.16. The van der Waals surface area contributed by atoms with Gasteiger partial charge in [-0.2, -0.15) is 5.10 Å². The number of anilines is 1. The molecule has 226 valence electrons. The van der Waals surface area contributed by atoms with Crippen LogP contribution in [0.25, 0.3) is 17.0 Å². The maximum atomic E-state index is 8.72.